The molecule has 0 atom stereocenters. The summed E-state index contributed by atoms with van der Waals surface area (Å²) in [4.78, 5) is 14.1. The van der Waals surface area contributed by atoms with Gasteiger partial charge in [-0.3, -0.25) is 4.79 Å². The number of hydrogen-bond donors (Lipinski definition) is 0. The van der Waals surface area contributed by atoms with E-state index in [2.05, 4.69) is 12.0 Å². The minimum Gasteiger partial charge on any atom is -0.496 e. The zero-order valence-electron chi connectivity index (χ0n) is 11.7. The lowest BCUT2D eigenvalue weighted by atomic mass is 10.0. The Bertz CT molecular complexity index is 523. The molecule has 1 aliphatic rings. The number of carbonyl (C=O) groups excluding carboxylic acids is 1. The summed E-state index contributed by atoms with van der Waals surface area (Å²) in [5.41, 5.74) is 2.57. The molecule has 0 spiro atoms. The first-order valence-electron chi connectivity index (χ1n) is 6.58. The standard InChI is InChI=1S/C16H19NO2/c1-12-10-14(11-13(2)16(12)19-3)15(18)6-9-17-7-4-5-8-17/h10-11H,4-5,7-8H2,1-3H3. The Morgan fingerprint density at radius 3 is 2.32 bits per heavy atom. The molecule has 2 rings (SSSR count). The van der Waals surface area contributed by atoms with Crippen LogP contribution in [-0.4, -0.2) is 30.9 Å². The zero-order chi connectivity index (χ0) is 13.8. The average Bonchev–Trinajstić information content (AvgIpc) is 2.88. The van der Waals surface area contributed by atoms with Gasteiger partial charge < -0.3 is 9.64 Å². The molecule has 0 aromatic heterocycles. The first-order valence-corrected chi connectivity index (χ1v) is 6.58. The molecule has 0 unspecified atom stereocenters. The number of Topliss-reactive ketones (excluding diaryl/α,β-unsaturated/α-hetero) is 1. The summed E-state index contributed by atoms with van der Waals surface area (Å²) >= 11 is 0. The fraction of sp³-hybridized carbons (Fsp3) is 0.438. The predicted octanol–water partition coefficient (Wildman–Crippen LogP) is 2.55. The Labute approximate surface area is 114 Å². The molecule has 3 heteroatoms. The van der Waals surface area contributed by atoms with Crippen LogP contribution in [0.5, 0.6) is 5.75 Å². The summed E-state index contributed by atoms with van der Waals surface area (Å²) in [5, 5.41) is 0. The van der Waals surface area contributed by atoms with Crippen molar-refractivity contribution in [2.45, 2.75) is 26.7 Å². The van der Waals surface area contributed by atoms with E-state index < -0.39 is 0 Å². The minimum atomic E-state index is -0.124. The third kappa shape index (κ3) is 3.08. The Morgan fingerprint density at radius 2 is 1.79 bits per heavy atom. The SMILES string of the molecule is COc1c(C)cc(C(=O)C#CN2CCCC2)cc1C. The lowest BCUT2D eigenvalue weighted by Gasteiger charge is -2.09. The largest absolute Gasteiger partial charge is 0.496 e. The predicted molar refractivity (Wildman–Crippen MR) is 75.4 cm³/mol. The third-order valence-corrected chi connectivity index (χ3v) is 3.36. The lowest BCUT2D eigenvalue weighted by Crippen LogP contribution is -2.12. The zero-order valence-corrected chi connectivity index (χ0v) is 11.7. The van der Waals surface area contributed by atoms with Gasteiger partial charge in [0.1, 0.15) is 5.75 Å². The van der Waals surface area contributed by atoms with E-state index in [4.69, 9.17) is 4.74 Å². The molecular weight excluding hydrogens is 238 g/mol. The number of rotatable bonds is 2. The van der Waals surface area contributed by atoms with Gasteiger partial charge in [0.25, 0.3) is 0 Å². The van der Waals surface area contributed by atoms with Crippen molar-refractivity contribution in [1.29, 1.82) is 0 Å². The minimum absolute atomic E-state index is 0.124. The van der Waals surface area contributed by atoms with Crippen LogP contribution in [0.15, 0.2) is 12.1 Å². The van der Waals surface area contributed by atoms with Gasteiger partial charge in [0, 0.05) is 24.7 Å². The number of likely N-dealkylation sites (tertiary alicyclic amines) is 1. The molecule has 3 nitrogen and oxygen atoms in total. The van der Waals surface area contributed by atoms with Gasteiger partial charge in [-0.05, 0) is 55.9 Å². The van der Waals surface area contributed by atoms with Gasteiger partial charge in [0.15, 0.2) is 0 Å². The molecule has 1 aliphatic heterocycles. The maximum atomic E-state index is 12.1. The molecule has 1 fully saturated rings. The Hall–Kier alpha value is -1.95. The molecular formula is C16H19NO2. The number of nitrogens with zero attached hydrogens (tertiary/aromatic N) is 1. The summed E-state index contributed by atoms with van der Waals surface area (Å²) in [6.07, 6.45) is 2.34. The van der Waals surface area contributed by atoms with Crippen molar-refractivity contribution in [3.05, 3.63) is 28.8 Å². The second-order valence-corrected chi connectivity index (χ2v) is 4.90. The number of carbonyl (C=O) groups is 1. The molecule has 0 amide bonds. The lowest BCUT2D eigenvalue weighted by molar-refractivity contribution is 0.105. The second kappa shape index (κ2) is 5.79. The van der Waals surface area contributed by atoms with Crippen LogP contribution < -0.4 is 4.74 Å². The average molecular weight is 257 g/mol. The molecule has 1 saturated heterocycles. The second-order valence-electron chi connectivity index (χ2n) is 4.90. The van der Waals surface area contributed by atoms with Crippen LogP contribution in [0.2, 0.25) is 0 Å². The van der Waals surface area contributed by atoms with Crippen LogP contribution in [0, 0.1) is 25.8 Å². The number of ketones is 1. The summed E-state index contributed by atoms with van der Waals surface area (Å²) in [6, 6.07) is 6.63. The molecule has 0 aliphatic carbocycles. The van der Waals surface area contributed by atoms with Crippen molar-refractivity contribution in [1.82, 2.24) is 4.90 Å². The van der Waals surface area contributed by atoms with E-state index in [0.717, 1.165) is 30.0 Å². The first kappa shape index (κ1) is 13.5. The molecule has 1 heterocycles. The molecule has 1 aromatic rings. The maximum absolute atomic E-state index is 12.1. The van der Waals surface area contributed by atoms with Crippen LogP contribution in [0.3, 0.4) is 0 Å². The highest BCUT2D eigenvalue weighted by Crippen LogP contribution is 2.24. The van der Waals surface area contributed by atoms with Gasteiger partial charge in [-0.2, -0.15) is 0 Å². The van der Waals surface area contributed by atoms with Crippen LogP contribution in [0.4, 0.5) is 0 Å². The number of ether oxygens (including phenoxy) is 1. The molecule has 0 bridgehead atoms. The van der Waals surface area contributed by atoms with Gasteiger partial charge in [0.05, 0.1) is 7.11 Å². The Balaban J connectivity index is 2.19. The van der Waals surface area contributed by atoms with Crippen LogP contribution in [0.25, 0.3) is 0 Å². The highest BCUT2D eigenvalue weighted by molar-refractivity contribution is 6.09. The van der Waals surface area contributed by atoms with Gasteiger partial charge >= 0.3 is 0 Å². The molecule has 19 heavy (non-hydrogen) atoms. The van der Waals surface area contributed by atoms with Gasteiger partial charge in [-0.25, -0.2) is 0 Å². The quantitative estimate of drug-likeness (QED) is 0.602. The third-order valence-electron chi connectivity index (χ3n) is 3.36. The summed E-state index contributed by atoms with van der Waals surface area (Å²) in [5.74, 6) is 3.44. The van der Waals surface area contributed by atoms with E-state index in [-0.39, 0.29) is 5.78 Å². The number of aryl methyl sites for hydroxylation is 2. The normalized spacial score (nSPS) is 13.9. The van der Waals surface area contributed by atoms with Gasteiger partial charge in [-0.15, -0.1) is 0 Å². The maximum Gasteiger partial charge on any atom is 0.237 e. The van der Waals surface area contributed by atoms with Crippen molar-refractivity contribution < 1.29 is 9.53 Å². The van der Waals surface area contributed by atoms with Gasteiger partial charge in [0.2, 0.25) is 5.78 Å². The monoisotopic (exact) mass is 257 g/mol. The van der Waals surface area contributed by atoms with Crippen molar-refractivity contribution in [3.63, 3.8) is 0 Å². The van der Waals surface area contributed by atoms with Crippen molar-refractivity contribution >= 4 is 5.78 Å². The number of benzene rings is 1. The molecule has 0 N–H and O–H groups in total. The smallest absolute Gasteiger partial charge is 0.237 e. The summed E-state index contributed by atoms with van der Waals surface area (Å²) in [7, 11) is 1.64. The number of hydrogen-bond acceptors (Lipinski definition) is 3. The summed E-state index contributed by atoms with van der Waals surface area (Å²) in [6.45, 7) is 5.83. The topological polar surface area (TPSA) is 29.5 Å². The Kier molecular flexibility index (Phi) is 4.11. The van der Waals surface area contributed by atoms with Crippen molar-refractivity contribution in [2.75, 3.05) is 20.2 Å². The van der Waals surface area contributed by atoms with E-state index in [1.165, 1.54) is 12.8 Å². The van der Waals surface area contributed by atoms with E-state index in [0.29, 0.717) is 5.56 Å². The van der Waals surface area contributed by atoms with E-state index in [1.54, 1.807) is 7.11 Å². The van der Waals surface area contributed by atoms with Gasteiger partial charge in [-0.1, -0.05) is 0 Å². The molecule has 100 valence electrons. The molecule has 1 aromatic carbocycles. The summed E-state index contributed by atoms with van der Waals surface area (Å²) < 4.78 is 5.30. The van der Waals surface area contributed by atoms with E-state index >= 15 is 0 Å². The Morgan fingerprint density at radius 1 is 1.21 bits per heavy atom. The van der Waals surface area contributed by atoms with Crippen LogP contribution in [-0.2, 0) is 0 Å². The number of methoxy groups -OCH3 is 1. The fourth-order valence-electron chi connectivity index (χ4n) is 2.43. The fourth-order valence-corrected chi connectivity index (χ4v) is 2.43. The highest BCUT2D eigenvalue weighted by Gasteiger charge is 2.11. The van der Waals surface area contributed by atoms with Crippen LogP contribution >= 0.6 is 0 Å². The van der Waals surface area contributed by atoms with E-state index in [9.17, 15) is 4.79 Å². The highest BCUT2D eigenvalue weighted by atomic mass is 16.5. The van der Waals surface area contributed by atoms with Crippen molar-refractivity contribution in [3.8, 4) is 17.7 Å². The molecule has 0 saturated carbocycles. The van der Waals surface area contributed by atoms with Crippen LogP contribution in [0.1, 0.15) is 34.3 Å². The first-order chi connectivity index (χ1) is 9.11. The van der Waals surface area contributed by atoms with E-state index in [1.807, 2.05) is 30.9 Å². The van der Waals surface area contributed by atoms with Crippen molar-refractivity contribution in [2.24, 2.45) is 0 Å². The molecule has 0 radical (unpaired) electrons.